The molecule has 0 aliphatic carbocycles. The Kier molecular flexibility index (Phi) is 4.43. The van der Waals surface area contributed by atoms with E-state index >= 15 is 0 Å². The lowest BCUT2D eigenvalue weighted by Crippen LogP contribution is -2.08. The van der Waals surface area contributed by atoms with Gasteiger partial charge in [-0.25, -0.2) is 0 Å². The van der Waals surface area contributed by atoms with Crippen LogP contribution in [0.4, 0.5) is 0 Å². The van der Waals surface area contributed by atoms with Crippen LogP contribution in [0.1, 0.15) is 56.2 Å². The molecule has 0 atom stereocenters. The Morgan fingerprint density at radius 2 is 1.39 bits per heavy atom. The lowest BCUT2D eigenvalue weighted by atomic mass is 9.89. The van der Waals surface area contributed by atoms with Crippen molar-refractivity contribution in [2.45, 2.75) is 46.5 Å². The van der Waals surface area contributed by atoms with Crippen LogP contribution in [0.2, 0.25) is 0 Å². The third-order valence-corrected chi connectivity index (χ3v) is 3.45. The molecule has 0 fully saturated rings. The molecule has 1 aromatic rings. The first kappa shape index (κ1) is 15.0. The summed E-state index contributed by atoms with van der Waals surface area (Å²) in [5.41, 5.74) is 3.50. The van der Waals surface area contributed by atoms with Crippen molar-refractivity contribution in [1.29, 1.82) is 0 Å². The van der Waals surface area contributed by atoms with E-state index in [0.29, 0.717) is 17.6 Å². The summed E-state index contributed by atoms with van der Waals surface area (Å²) in [7, 11) is -3.47. The van der Waals surface area contributed by atoms with Gasteiger partial charge in [0.05, 0.1) is 6.26 Å². The molecule has 0 spiro atoms. The van der Waals surface area contributed by atoms with E-state index in [1.165, 1.54) is 5.56 Å². The predicted octanol–water partition coefficient (Wildman–Crippen LogP) is 3.58. The summed E-state index contributed by atoms with van der Waals surface area (Å²) in [6.07, 6.45) is 1.07. The fourth-order valence-corrected chi connectivity index (χ4v) is 2.60. The Labute approximate surface area is 110 Å². The van der Waals surface area contributed by atoms with Crippen molar-refractivity contribution in [3.8, 4) is 5.75 Å². The van der Waals surface area contributed by atoms with Crippen LogP contribution in [-0.4, -0.2) is 14.7 Å². The second-order valence-electron chi connectivity index (χ2n) is 5.32. The van der Waals surface area contributed by atoms with Gasteiger partial charge in [0.15, 0.2) is 0 Å². The van der Waals surface area contributed by atoms with Crippen LogP contribution < -0.4 is 4.18 Å². The van der Waals surface area contributed by atoms with Crippen molar-refractivity contribution in [1.82, 2.24) is 0 Å². The van der Waals surface area contributed by atoms with Gasteiger partial charge in [-0.15, -0.1) is 0 Å². The first-order chi connectivity index (χ1) is 8.11. The third kappa shape index (κ3) is 3.73. The maximum Gasteiger partial charge on any atom is 0.306 e. The third-order valence-electron chi connectivity index (χ3n) is 2.95. The largest absolute Gasteiger partial charge is 0.383 e. The molecule has 0 N–H and O–H groups in total. The minimum absolute atomic E-state index is 0.339. The predicted molar refractivity (Wildman–Crippen MR) is 74.8 cm³/mol. The van der Waals surface area contributed by atoms with Crippen LogP contribution in [0, 0.1) is 6.92 Å². The highest BCUT2D eigenvalue weighted by atomic mass is 32.2. The molecule has 0 aliphatic rings. The van der Waals surface area contributed by atoms with Gasteiger partial charge in [-0.2, -0.15) is 8.42 Å². The first-order valence-electron chi connectivity index (χ1n) is 6.15. The Balaban J connectivity index is 3.38. The molecule has 0 aliphatic heterocycles. The maximum atomic E-state index is 11.2. The van der Waals surface area contributed by atoms with Crippen LogP contribution in [0.3, 0.4) is 0 Å². The lowest BCUT2D eigenvalue weighted by Gasteiger charge is -2.18. The van der Waals surface area contributed by atoms with Crippen molar-refractivity contribution in [2.75, 3.05) is 6.26 Å². The normalized spacial score (nSPS) is 12.2. The van der Waals surface area contributed by atoms with Gasteiger partial charge in [0.1, 0.15) is 5.75 Å². The molecule has 18 heavy (non-hydrogen) atoms. The monoisotopic (exact) mass is 270 g/mol. The summed E-state index contributed by atoms with van der Waals surface area (Å²) in [4.78, 5) is 0. The molecule has 0 heterocycles. The summed E-state index contributed by atoms with van der Waals surface area (Å²) in [5, 5.41) is 0. The van der Waals surface area contributed by atoms with Crippen molar-refractivity contribution in [3.63, 3.8) is 0 Å². The average Bonchev–Trinajstić information content (AvgIpc) is 2.17. The molecule has 0 amide bonds. The van der Waals surface area contributed by atoms with E-state index in [0.717, 1.165) is 17.4 Å². The molecule has 102 valence electrons. The average molecular weight is 270 g/mol. The molecule has 0 saturated carbocycles. The van der Waals surface area contributed by atoms with Crippen LogP contribution >= 0.6 is 0 Å². The number of hydrogen-bond donors (Lipinski definition) is 0. The van der Waals surface area contributed by atoms with E-state index in [9.17, 15) is 8.42 Å². The van der Waals surface area contributed by atoms with Crippen LogP contribution in [0.5, 0.6) is 5.75 Å². The zero-order valence-corrected chi connectivity index (χ0v) is 12.8. The van der Waals surface area contributed by atoms with Gasteiger partial charge < -0.3 is 4.18 Å². The summed E-state index contributed by atoms with van der Waals surface area (Å²) in [5.74, 6) is 1.09. The summed E-state index contributed by atoms with van der Waals surface area (Å²) in [6.45, 7) is 10.5. The quantitative estimate of drug-likeness (QED) is 0.785. The van der Waals surface area contributed by atoms with E-state index in [2.05, 4.69) is 34.6 Å². The van der Waals surface area contributed by atoms with Crippen molar-refractivity contribution >= 4 is 10.1 Å². The highest BCUT2D eigenvalue weighted by Gasteiger charge is 2.15. The van der Waals surface area contributed by atoms with Gasteiger partial charge >= 0.3 is 10.1 Å². The number of benzene rings is 1. The van der Waals surface area contributed by atoms with Crippen LogP contribution in [0.25, 0.3) is 0 Å². The molecule has 0 radical (unpaired) electrons. The molecule has 3 nitrogen and oxygen atoms in total. The second-order valence-corrected chi connectivity index (χ2v) is 6.90. The lowest BCUT2D eigenvalue weighted by molar-refractivity contribution is 0.491. The first-order valence-corrected chi connectivity index (χ1v) is 7.97. The molecule has 0 bridgehead atoms. The van der Waals surface area contributed by atoms with Gasteiger partial charge in [0, 0.05) is 0 Å². The van der Waals surface area contributed by atoms with E-state index in [-0.39, 0.29) is 0 Å². The summed E-state index contributed by atoms with van der Waals surface area (Å²) in [6, 6.07) is 3.65. The van der Waals surface area contributed by atoms with Crippen LogP contribution in [0.15, 0.2) is 12.1 Å². The maximum absolute atomic E-state index is 11.2. The highest BCUT2D eigenvalue weighted by Crippen LogP contribution is 2.32. The fourth-order valence-electron chi connectivity index (χ4n) is 2.15. The minimum atomic E-state index is -3.47. The smallest absolute Gasteiger partial charge is 0.306 e. The van der Waals surface area contributed by atoms with E-state index < -0.39 is 10.1 Å². The standard InChI is InChI=1S/C14H22O3S/c1-9(2)13-7-12(17-18(6,15)16)8-14(10(3)4)11(13)5/h7-10H,1-6H3. The molecule has 0 saturated heterocycles. The van der Waals surface area contributed by atoms with E-state index in [4.69, 9.17) is 4.18 Å². The number of hydrogen-bond acceptors (Lipinski definition) is 3. The highest BCUT2D eigenvalue weighted by molar-refractivity contribution is 7.86. The SMILES string of the molecule is Cc1c(C(C)C)cc(OS(C)(=O)=O)cc1C(C)C. The Bertz CT molecular complexity index is 499. The summed E-state index contributed by atoms with van der Waals surface area (Å²) < 4.78 is 27.5. The zero-order chi connectivity index (χ0) is 14.1. The van der Waals surface area contributed by atoms with Gasteiger partial charge in [-0.3, -0.25) is 0 Å². The van der Waals surface area contributed by atoms with Crippen molar-refractivity contribution in [3.05, 3.63) is 28.8 Å². The van der Waals surface area contributed by atoms with Crippen molar-refractivity contribution < 1.29 is 12.6 Å². The zero-order valence-electron chi connectivity index (χ0n) is 11.9. The van der Waals surface area contributed by atoms with Gasteiger partial charge in [0.25, 0.3) is 0 Å². The van der Waals surface area contributed by atoms with E-state index in [1.807, 2.05) is 12.1 Å². The minimum Gasteiger partial charge on any atom is -0.383 e. The molecule has 1 rings (SSSR count). The molecular weight excluding hydrogens is 248 g/mol. The van der Waals surface area contributed by atoms with Gasteiger partial charge in [-0.05, 0) is 47.6 Å². The summed E-state index contributed by atoms with van der Waals surface area (Å²) >= 11 is 0. The fraction of sp³-hybridized carbons (Fsp3) is 0.571. The second kappa shape index (κ2) is 5.31. The molecule has 4 heteroatoms. The molecular formula is C14H22O3S. The Morgan fingerprint density at radius 1 is 1.00 bits per heavy atom. The topological polar surface area (TPSA) is 43.4 Å². The molecule has 0 unspecified atom stereocenters. The molecule has 1 aromatic carbocycles. The Morgan fingerprint density at radius 3 is 1.67 bits per heavy atom. The molecule has 0 aromatic heterocycles. The Hall–Kier alpha value is -1.03. The van der Waals surface area contributed by atoms with E-state index in [1.54, 1.807) is 0 Å². The van der Waals surface area contributed by atoms with Gasteiger partial charge in [-0.1, -0.05) is 27.7 Å². The number of rotatable bonds is 4. The van der Waals surface area contributed by atoms with Gasteiger partial charge in [0.2, 0.25) is 0 Å². The van der Waals surface area contributed by atoms with Crippen molar-refractivity contribution in [2.24, 2.45) is 0 Å². The van der Waals surface area contributed by atoms with Crippen LogP contribution in [-0.2, 0) is 10.1 Å².